The fourth-order valence-corrected chi connectivity index (χ4v) is 8.79. The molecule has 30 heavy (non-hydrogen) atoms. The minimum atomic E-state index is -1.11. The Morgan fingerprint density at radius 2 is 1.77 bits per heavy atom. The molecule has 0 spiro atoms. The number of aliphatic hydroxyl groups is 1. The van der Waals surface area contributed by atoms with Crippen molar-refractivity contribution in [2.24, 2.45) is 46.3 Å². The first kappa shape index (κ1) is 22.2. The summed E-state index contributed by atoms with van der Waals surface area (Å²) in [5, 5.41) is 9.21. The summed E-state index contributed by atoms with van der Waals surface area (Å²) in [7, 11) is 0. The van der Waals surface area contributed by atoms with Crippen molar-refractivity contribution in [3.05, 3.63) is 0 Å². The molecule has 1 N–H and O–H groups in total. The van der Waals surface area contributed by atoms with E-state index in [9.17, 15) is 9.90 Å². The highest BCUT2D eigenvalue weighted by atomic mass is 16.5. The Morgan fingerprint density at radius 1 is 1.00 bits per heavy atom. The van der Waals surface area contributed by atoms with Crippen LogP contribution in [0.2, 0.25) is 0 Å². The standard InChI is InChI=1S/C27H42O3/c1-18(8-7-17-30-25(29)19(2)28)22-12-13-23-21-11-10-20-9-5-6-15-26(20,3)24(21)14-16-27(22,23)4/h18-24,28H,5-6,8-16H2,1-4H3/t18-,19?,20?,21+,22-,23+,24+,26+,27-/m1/s1. The predicted molar refractivity (Wildman–Crippen MR) is 119 cm³/mol. The number of hydrogen-bond donors (Lipinski definition) is 1. The lowest BCUT2D eigenvalue weighted by Gasteiger charge is -2.60. The van der Waals surface area contributed by atoms with Gasteiger partial charge in [-0.05, 0) is 105 Å². The fourth-order valence-electron chi connectivity index (χ4n) is 8.79. The van der Waals surface area contributed by atoms with Crippen LogP contribution < -0.4 is 0 Å². The quantitative estimate of drug-likeness (QED) is 0.459. The van der Waals surface area contributed by atoms with Gasteiger partial charge in [0.25, 0.3) is 0 Å². The van der Waals surface area contributed by atoms with Crippen LogP contribution >= 0.6 is 0 Å². The number of rotatable bonds is 3. The van der Waals surface area contributed by atoms with Gasteiger partial charge in [-0.1, -0.05) is 39.5 Å². The Kier molecular flexibility index (Phi) is 6.28. The van der Waals surface area contributed by atoms with E-state index in [2.05, 4.69) is 32.8 Å². The Bertz CT molecular complexity index is 703. The fraction of sp³-hybridized carbons (Fsp3) is 0.889. The highest BCUT2D eigenvalue weighted by Gasteiger charge is 2.60. The molecule has 4 fully saturated rings. The Labute approximate surface area is 183 Å². The highest BCUT2D eigenvalue weighted by Crippen LogP contribution is 2.68. The van der Waals surface area contributed by atoms with Gasteiger partial charge in [0, 0.05) is 6.42 Å². The van der Waals surface area contributed by atoms with E-state index in [0.29, 0.717) is 16.7 Å². The van der Waals surface area contributed by atoms with Gasteiger partial charge in [0.2, 0.25) is 0 Å². The maximum atomic E-state index is 11.4. The van der Waals surface area contributed by atoms with Crippen LogP contribution in [0.15, 0.2) is 0 Å². The molecule has 4 rings (SSSR count). The summed E-state index contributed by atoms with van der Waals surface area (Å²) >= 11 is 0. The molecule has 0 amide bonds. The summed E-state index contributed by atoms with van der Waals surface area (Å²) in [6, 6.07) is 0. The third-order valence-corrected chi connectivity index (χ3v) is 10.3. The van der Waals surface area contributed by atoms with Crippen LogP contribution in [0.5, 0.6) is 0 Å². The molecule has 0 aromatic carbocycles. The number of carbonyl (C=O) groups is 1. The van der Waals surface area contributed by atoms with Crippen molar-refractivity contribution in [3.8, 4) is 12.0 Å². The largest absolute Gasteiger partial charge is 0.382 e. The molecule has 168 valence electrons. The number of aliphatic hydroxyl groups excluding tert-OH is 1. The predicted octanol–water partition coefficient (Wildman–Crippen LogP) is 5.95. The summed E-state index contributed by atoms with van der Waals surface area (Å²) in [6.07, 6.45) is 16.6. The minimum absolute atomic E-state index is 0.455. The second kappa shape index (κ2) is 8.50. The van der Waals surface area contributed by atoms with E-state index < -0.39 is 12.1 Å². The summed E-state index contributed by atoms with van der Waals surface area (Å²) in [5.74, 6) is 7.44. The van der Waals surface area contributed by atoms with Gasteiger partial charge < -0.3 is 9.84 Å². The molecule has 0 radical (unpaired) electrons. The van der Waals surface area contributed by atoms with Crippen LogP contribution in [0, 0.1) is 58.4 Å². The van der Waals surface area contributed by atoms with E-state index >= 15 is 0 Å². The molecule has 2 unspecified atom stereocenters. The molecular weight excluding hydrogens is 372 g/mol. The Morgan fingerprint density at radius 3 is 2.53 bits per heavy atom. The molecule has 0 aromatic rings. The van der Waals surface area contributed by atoms with Crippen LogP contribution in [0.3, 0.4) is 0 Å². The molecule has 3 heteroatoms. The number of hydrogen-bond acceptors (Lipinski definition) is 3. The normalized spacial score (nSPS) is 44.5. The number of fused-ring (bicyclic) bond motifs is 5. The number of esters is 1. The third-order valence-electron chi connectivity index (χ3n) is 10.3. The van der Waals surface area contributed by atoms with E-state index in [-0.39, 0.29) is 0 Å². The third kappa shape index (κ3) is 3.72. The lowest BCUT2D eigenvalue weighted by Crippen LogP contribution is -2.53. The molecule has 0 aliphatic heterocycles. The van der Waals surface area contributed by atoms with E-state index in [1.54, 1.807) is 0 Å². The maximum Gasteiger partial charge on any atom is 0.348 e. The van der Waals surface area contributed by atoms with Crippen molar-refractivity contribution < 1.29 is 14.6 Å². The SMILES string of the molecule is CC(O)C(=O)OC#CC[C@@H](C)[C@H]1CC[C@H]2[C@@H]3CCC4CCCC[C@]4(C)[C@H]3CC[C@]12C. The van der Waals surface area contributed by atoms with E-state index in [0.717, 1.165) is 36.0 Å². The van der Waals surface area contributed by atoms with E-state index in [1.165, 1.54) is 71.1 Å². The van der Waals surface area contributed by atoms with Gasteiger partial charge in [0.15, 0.2) is 0 Å². The second-order valence-electron chi connectivity index (χ2n) is 11.7. The van der Waals surface area contributed by atoms with Crippen molar-refractivity contribution in [3.63, 3.8) is 0 Å². The summed E-state index contributed by atoms with van der Waals surface area (Å²) in [4.78, 5) is 11.4. The van der Waals surface area contributed by atoms with Crippen molar-refractivity contribution >= 4 is 5.97 Å². The summed E-state index contributed by atoms with van der Waals surface area (Å²) in [5.41, 5.74) is 1.07. The van der Waals surface area contributed by atoms with Crippen molar-refractivity contribution in [2.45, 2.75) is 104 Å². The Balaban J connectivity index is 1.42. The molecule has 0 aromatic heterocycles. The first-order chi connectivity index (χ1) is 14.3. The number of ether oxygens (including phenoxy) is 1. The van der Waals surface area contributed by atoms with Crippen molar-refractivity contribution in [2.75, 3.05) is 0 Å². The van der Waals surface area contributed by atoms with Crippen LogP contribution in [0.4, 0.5) is 0 Å². The van der Waals surface area contributed by atoms with Crippen LogP contribution in [0.25, 0.3) is 0 Å². The molecule has 3 nitrogen and oxygen atoms in total. The highest BCUT2D eigenvalue weighted by molar-refractivity contribution is 5.74. The molecule has 4 saturated carbocycles. The van der Waals surface area contributed by atoms with Gasteiger partial charge in [-0.2, -0.15) is 0 Å². The lowest BCUT2D eigenvalue weighted by molar-refractivity contribution is -0.145. The number of carbonyl (C=O) groups excluding carboxylic acids is 1. The second-order valence-corrected chi connectivity index (χ2v) is 11.7. The van der Waals surface area contributed by atoms with Crippen molar-refractivity contribution in [1.82, 2.24) is 0 Å². The molecule has 0 heterocycles. The van der Waals surface area contributed by atoms with Gasteiger partial charge in [-0.15, -0.1) is 0 Å². The first-order valence-electron chi connectivity index (χ1n) is 12.6. The monoisotopic (exact) mass is 414 g/mol. The van der Waals surface area contributed by atoms with Gasteiger partial charge in [-0.25, -0.2) is 4.79 Å². The zero-order chi connectivity index (χ0) is 21.5. The van der Waals surface area contributed by atoms with Crippen LogP contribution in [-0.4, -0.2) is 17.2 Å². The lowest BCUT2D eigenvalue weighted by atomic mass is 9.44. The van der Waals surface area contributed by atoms with Gasteiger partial charge in [-0.3, -0.25) is 0 Å². The van der Waals surface area contributed by atoms with E-state index in [1.807, 2.05) is 0 Å². The molecule has 0 bridgehead atoms. The zero-order valence-electron chi connectivity index (χ0n) is 19.6. The van der Waals surface area contributed by atoms with Gasteiger partial charge in [0.1, 0.15) is 12.2 Å². The molecule has 4 aliphatic rings. The molecule has 0 saturated heterocycles. The smallest absolute Gasteiger partial charge is 0.348 e. The van der Waals surface area contributed by atoms with Gasteiger partial charge in [0.05, 0.1) is 0 Å². The van der Waals surface area contributed by atoms with Gasteiger partial charge >= 0.3 is 5.97 Å². The minimum Gasteiger partial charge on any atom is -0.382 e. The molecular formula is C27H42O3. The van der Waals surface area contributed by atoms with Crippen LogP contribution in [0.1, 0.15) is 98.3 Å². The average molecular weight is 415 g/mol. The topological polar surface area (TPSA) is 46.5 Å². The first-order valence-corrected chi connectivity index (χ1v) is 12.6. The average Bonchev–Trinajstić information content (AvgIpc) is 3.07. The maximum absolute atomic E-state index is 11.4. The zero-order valence-corrected chi connectivity index (χ0v) is 19.6. The molecule has 9 atom stereocenters. The summed E-state index contributed by atoms with van der Waals surface area (Å²) < 4.78 is 4.83. The molecule has 4 aliphatic carbocycles. The van der Waals surface area contributed by atoms with Crippen LogP contribution in [-0.2, 0) is 9.53 Å². The Hall–Kier alpha value is -1.01. The summed E-state index contributed by atoms with van der Waals surface area (Å²) in [6.45, 7) is 9.01. The van der Waals surface area contributed by atoms with E-state index in [4.69, 9.17) is 4.74 Å². The van der Waals surface area contributed by atoms with Crippen molar-refractivity contribution in [1.29, 1.82) is 0 Å².